The number of nitrogens with zero attached hydrogens (tertiary/aromatic N) is 3. The molecule has 0 saturated heterocycles. The fourth-order valence-corrected chi connectivity index (χ4v) is 3.22. The van der Waals surface area contributed by atoms with Gasteiger partial charge in [-0.25, -0.2) is 9.55 Å². The predicted molar refractivity (Wildman–Crippen MR) is 111 cm³/mol. The Morgan fingerprint density at radius 1 is 1.16 bits per heavy atom. The van der Waals surface area contributed by atoms with Gasteiger partial charge in [-0.05, 0) is 35.9 Å². The summed E-state index contributed by atoms with van der Waals surface area (Å²) in [7, 11) is -4.87. The van der Waals surface area contributed by atoms with Gasteiger partial charge in [-0.1, -0.05) is 23.4 Å². The first kappa shape index (κ1) is 21.7. The minimum absolute atomic E-state index is 0.194. The van der Waals surface area contributed by atoms with Crippen LogP contribution in [0.3, 0.4) is 0 Å². The maximum atomic E-state index is 10.8. The Hall–Kier alpha value is -3.56. The average Bonchev–Trinajstić information content (AvgIpc) is 3.23. The van der Waals surface area contributed by atoms with Gasteiger partial charge in [0.2, 0.25) is 5.88 Å². The number of hydrogen-bond acceptors (Lipinski definition) is 8. The van der Waals surface area contributed by atoms with Crippen molar-refractivity contribution in [1.29, 1.82) is 0 Å². The number of benzene rings is 1. The number of phosphoric ester groups is 1. The molecule has 0 fully saturated rings. The number of nitrogen functional groups attached to an aromatic ring is 1. The fourth-order valence-electron chi connectivity index (χ4n) is 2.95. The molecule has 10 nitrogen and oxygen atoms in total. The summed E-state index contributed by atoms with van der Waals surface area (Å²) in [5.74, 6) is 1.79. The van der Waals surface area contributed by atoms with Crippen molar-refractivity contribution >= 4 is 13.6 Å². The lowest BCUT2D eigenvalue weighted by Gasteiger charge is -2.14. The van der Waals surface area contributed by atoms with Gasteiger partial charge in [-0.2, -0.15) is 0 Å². The molecule has 4 rings (SSSR count). The standard InChI is InChI=1S/C21H19N4O6P/c22-21-18(4-3-11-25(21)14-29-32(26,27)28)19-13-16(24-31-19)12-15-6-8-17(9-7-15)30-20-5-1-2-10-23-20/h1-11,13,22H,12,14H2,(H2,26,27,28). The van der Waals surface area contributed by atoms with Crippen molar-refractivity contribution in [2.45, 2.75) is 13.2 Å². The van der Waals surface area contributed by atoms with E-state index in [-0.39, 0.29) is 5.82 Å². The first-order chi connectivity index (χ1) is 15.4. The third-order valence-electron chi connectivity index (χ3n) is 4.47. The van der Waals surface area contributed by atoms with E-state index in [1.807, 2.05) is 36.4 Å². The third kappa shape index (κ3) is 5.57. The van der Waals surface area contributed by atoms with Gasteiger partial charge in [0.05, 0.1) is 11.9 Å². The van der Waals surface area contributed by atoms with Crippen LogP contribution in [-0.2, 0) is 22.2 Å². The van der Waals surface area contributed by atoms with E-state index in [2.05, 4.69) is 14.7 Å². The smallest absolute Gasteiger partial charge is 0.285 e. The van der Waals surface area contributed by atoms with Gasteiger partial charge >= 0.3 is 0 Å². The highest BCUT2D eigenvalue weighted by Crippen LogP contribution is 2.30. The molecule has 4 aromatic rings. The molecule has 0 aliphatic carbocycles. The van der Waals surface area contributed by atoms with Crippen LogP contribution >= 0.6 is 7.82 Å². The van der Waals surface area contributed by atoms with Gasteiger partial charge in [0.1, 0.15) is 11.3 Å². The van der Waals surface area contributed by atoms with Crippen LogP contribution < -0.4 is 19.9 Å². The molecule has 1 unspecified atom stereocenters. The highest BCUT2D eigenvalue weighted by Gasteiger charge is 2.18. The molecule has 0 aliphatic heterocycles. The van der Waals surface area contributed by atoms with Crippen LogP contribution in [0.5, 0.6) is 11.6 Å². The second-order valence-electron chi connectivity index (χ2n) is 6.78. The first-order valence-electron chi connectivity index (χ1n) is 9.47. The lowest BCUT2D eigenvalue weighted by Crippen LogP contribution is -2.38. The summed E-state index contributed by atoms with van der Waals surface area (Å²) in [6.07, 6.45) is 3.70. The number of aromatic nitrogens is 3. The second kappa shape index (κ2) is 9.29. The van der Waals surface area contributed by atoms with Gasteiger partial charge in [0.15, 0.2) is 12.5 Å². The molecular weight excluding hydrogens is 435 g/mol. The number of rotatable bonds is 8. The number of ether oxygens (including phenoxy) is 1. The fraction of sp³-hybridized carbons (Fsp3) is 0.0952. The molecule has 3 heterocycles. The Balaban J connectivity index is 1.45. The summed E-state index contributed by atoms with van der Waals surface area (Å²) in [6, 6.07) is 18.1. The average molecular weight is 454 g/mol. The molecule has 0 amide bonds. The SMILES string of the molecule is Nc1c(-c2cc(Cc3ccc(Oc4ccccn4)cc3)no2)ccc[n+]1COP(=O)([O-])O. The van der Waals surface area contributed by atoms with Gasteiger partial charge in [-0.3, -0.25) is 14.8 Å². The summed E-state index contributed by atoms with van der Waals surface area (Å²) in [5.41, 5.74) is 8.28. The number of nitrogens with two attached hydrogens (primary N) is 1. The van der Waals surface area contributed by atoms with Gasteiger partial charge in [-0.15, -0.1) is 0 Å². The molecule has 32 heavy (non-hydrogen) atoms. The number of phosphoric acid groups is 1. The molecular formula is C21H19N4O6P. The molecule has 0 spiro atoms. The van der Waals surface area contributed by atoms with Crippen molar-refractivity contribution in [3.8, 4) is 23.0 Å². The highest BCUT2D eigenvalue weighted by atomic mass is 31.2. The highest BCUT2D eigenvalue weighted by molar-refractivity contribution is 7.44. The van der Waals surface area contributed by atoms with E-state index in [1.54, 1.807) is 30.5 Å². The van der Waals surface area contributed by atoms with Crippen molar-refractivity contribution < 1.29 is 32.7 Å². The van der Waals surface area contributed by atoms with E-state index in [1.165, 1.54) is 10.8 Å². The molecule has 1 aromatic carbocycles. The Morgan fingerprint density at radius 3 is 2.69 bits per heavy atom. The van der Waals surface area contributed by atoms with Crippen LogP contribution in [0, 0.1) is 0 Å². The van der Waals surface area contributed by atoms with E-state index in [0.29, 0.717) is 35.1 Å². The Labute approximate surface area is 183 Å². The van der Waals surface area contributed by atoms with Crippen molar-refractivity contribution in [3.63, 3.8) is 0 Å². The molecule has 11 heteroatoms. The van der Waals surface area contributed by atoms with Crippen molar-refractivity contribution in [2.75, 3.05) is 5.73 Å². The summed E-state index contributed by atoms with van der Waals surface area (Å²) in [5, 5.41) is 4.09. The van der Waals surface area contributed by atoms with E-state index in [9.17, 15) is 9.46 Å². The summed E-state index contributed by atoms with van der Waals surface area (Å²) < 4.78 is 27.7. The topological polar surface area (TPSA) is 148 Å². The largest absolute Gasteiger partial charge is 0.756 e. The van der Waals surface area contributed by atoms with Gasteiger partial charge in [0, 0.05) is 24.8 Å². The van der Waals surface area contributed by atoms with E-state index in [0.717, 1.165) is 5.56 Å². The van der Waals surface area contributed by atoms with Crippen LogP contribution in [0.15, 0.2) is 77.6 Å². The molecule has 164 valence electrons. The maximum absolute atomic E-state index is 10.8. The second-order valence-corrected chi connectivity index (χ2v) is 7.97. The lowest BCUT2D eigenvalue weighted by molar-refractivity contribution is -0.712. The summed E-state index contributed by atoms with van der Waals surface area (Å²) >= 11 is 0. The van der Waals surface area contributed by atoms with Crippen molar-refractivity contribution in [3.05, 3.63) is 84.3 Å². The van der Waals surface area contributed by atoms with Crippen LogP contribution in [0.4, 0.5) is 5.82 Å². The molecule has 0 bridgehead atoms. The maximum Gasteiger partial charge on any atom is 0.285 e. The Bertz CT molecular complexity index is 1240. The zero-order chi connectivity index (χ0) is 22.6. The van der Waals surface area contributed by atoms with E-state index >= 15 is 0 Å². The summed E-state index contributed by atoms with van der Waals surface area (Å²) in [6.45, 7) is -0.467. The minimum atomic E-state index is -4.87. The third-order valence-corrected chi connectivity index (χ3v) is 4.91. The normalized spacial score (nSPS) is 12.9. The minimum Gasteiger partial charge on any atom is -0.756 e. The van der Waals surface area contributed by atoms with Crippen LogP contribution in [0.25, 0.3) is 11.3 Å². The Kier molecular flexibility index (Phi) is 6.29. The predicted octanol–water partition coefficient (Wildman–Crippen LogP) is 2.42. The Morgan fingerprint density at radius 2 is 1.97 bits per heavy atom. The van der Waals surface area contributed by atoms with Crippen molar-refractivity contribution in [2.24, 2.45) is 0 Å². The van der Waals surface area contributed by atoms with E-state index in [4.69, 9.17) is 19.9 Å². The first-order valence-corrected chi connectivity index (χ1v) is 11.0. The van der Waals surface area contributed by atoms with Gasteiger partial charge in [0.25, 0.3) is 13.6 Å². The molecule has 3 N–H and O–H groups in total. The van der Waals surface area contributed by atoms with Crippen LogP contribution in [-0.4, -0.2) is 15.0 Å². The molecule has 0 radical (unpaired) electrons. The van der Waals surface area contributed by atoms with Gasteiger partial charge < -0.3 is 19.0 Å². The molecule has 0 aliphatic rings. The van der Waals surface area contributed by atoms with Crippen LogP contribution in [0.1, 0.15) is 11.3 Å². The lowest BCUT2D eigenvalue weighted by atomic mass is 10.1. The quantitative estimate of drug-likeness (QED) is 0.302. The number of hydrogen-bond donors (Lipinski definition) is 2. The zero-order valence-corrected chi connectivity index (χ0v) is 17.6. The van der Waals surface area contributed by atoms with E-state index < -0.39 is 14.6 Å². The molecule has 0 saturated carbocycles. The summed E-state index contributed by atoms with van der Waals surface area (Å²) in [4.78, 5) is 23.7. The monoisotopic (exact) mass is 454 g/mol. The number of pyridine rings is 2. The molecule has 3 aromatic heterocycles. The van der Waals surface area contributed by atoms with Crippen LogP contribution in [0.2, 0.25) is 0 Å². The number of anilines is 1. The molecule has 1 atom stereocenters. The van der Waals surface area contributed by atoms with Crippen molar-refractivity contribution in [1.82, 2.24) is 10.1 Å². The zero-order valence-electron chi connectivity index (χ0n) is 16.7.